The molecule has 2 rings (SSSR count). The summed E-state index contributed by atoms with van der Waals surface area (Å²) in [7, 11) is 3.27. The van der Waals surface area contributed by atoms with E-state index in [9.17, 15) is 4.79 Å². The van der Waals surface area contributed by atoms with E-state index in [1.807, 2.05) is 24.3 Å². The smallest absolute Gasteiger partial charge is 0.257 e. The molecule has 0 bridgehead atoms. The number of nitrogens with zero attached hydrogens (tertiary/aromatic N) is 3. The van der Waals surface area contributed by atoms with E-state index < -0.39 is 0 Å². The van der Waals surface area contributed by atoms with Crippen molar-refractivity contribution in [2.75, 3.05) is 14.2 Å². The number of hydrogen-bond donors (Lipinski definition) is 0. The summed E-state index contributed by atoms with van der Waals surface area (Å²) < 4.78 is 5.16. The zero-order chi connectivity index (χ0) is 15.4. The first kappa shape index (κ1) is 15.5. The van der Waals surface area contributed by atoms with Crippen LogP contribution in [0.1, 0.15) is 15.9 Å². The molecule has 5 nitrogen and oxygen atoms in total. The van der Waals surface area contributed by atoms with Gasteiger partial charge in [-0.05, 0) is 23.8 Å². The number of carbonyl (C=O) groups is 1. The summed E-state index contributed by atoms with van der Waals surface area (Å²) in [6.45, 7) is 0.409. The average molecular weight is 326 g/mol. The van der Waals surface area contributed by atoms with Crippen LogP contribution in [0, 0.1) is 0 Å². The Bertz CT molecular complexity index is 664. The molecule has 0 unspecified atom stereocenters. The first-order chi connectivity index (χ1) is 10.0. The summed E-state index contributed by atoms with van der Waals surface area (Å²) in [4.78, 5) is 13.9. The number of carbonyl (C=O) groups excluding carboxylic acids is 1. The molecular weight excluding hydrogens is 313 g/mol. The van der Waals surface area contributed by atoms with Crippen LogP contribution in [0.3, 0.4) is 0 Å². The zero-order valence-electron chi connectivity index (χ0n) is 11.5. The lowest BCUT2D eigenvalue weighted by Crippen LogP contribution is -2.26. The molecule has 21 heavy (non-hydrogen) atoms. The van der Waals surface area contributed by atoms with Crippen LogP contribution in [-0.4, -0.2) is 35.2 Å². The molecule has 0 fully saturated rings. The third-order valence-corrected chi connectivity index (χ3v) is 3.31. The average Bonchev–Trinajstić information content (AvgIpc) is 2.49. The maximum absolute atomic E-state index is 12.4. The summed E-state index contributed by atoms with van der Waals surface area (Å²) in [5.74, 6) is 0.458. The van der Waals surface area contributed by atoms with E-state index in [0.717, 1.165) is 11.3 Å². The van der Waals surface area contributed by atoms with Gasteiger partial charge in [-0.3, -0.25) is 4.79 Å². The molecule has 0 aliphatic rings. The summed E-state index contributed by atoms with van der Waals surface area (Å²) in [5, 5.41) is 7.37. The molecule has 110 valence electrons. The minimum Gasteiger partial charge on any atom is -0.497 e. The number of rotatable bonds is 4. The first-order valence-corrected chi connectivity index (χ1v) is 6.84. The molecule has 7 heteroatoms. The van der Waals surface area contributed by atoms with Crippen molar-refractivity contribution in [2.45, 2.75) is 6.54 Å². The predicted molar refractivity (Wildman–Crippen MR) is 80.8 cm³/mol. The van der Waals surface area contributed by atoms with E-state index in [1.54, 1.807) is 14.2 Å². The van der Waals surface area contributed by atoms with Gasteiger partial charge in [0.2, 0.25) is 0 Å². The molecule has 1 heterocycles. The van der Waals surface area contributed by atoms with Crippen LogP contribution >= 0.6 is 23.2 Å². The molecule has 0 radical (unpaired) electrons. The molecule has 1 aromatic heterocycles. The molecular formula is C14H13Cl2N3O2. The number of halogens is 2. The highest BCUT2D eigenvalue weighted by atomic mass is 35.5. The van der Waals surface area contributed by atoms with E-state index in [4.69, 9.17) is 27.9 Å². The molecule has 1 amide bonds. The lowest BCUT2D eigenvalue weighted by Gasteiger charge is -2.18. The highest BCUT2D eigenvalue weighted by Gasteiger charge is 2.17. The fraction of sp³-hybridized carbons (Fsp3) is 0.214. The number of ether oxygens (including phenoxy) is 1. The Kier molecular flexibility index (Phi) is 4.98. The van der Waals surface area contributed by atoms with Gasteiger partial charge >= 0.3 is 0 Å². The second-order valence-corrected chi connectivity index (χ2v) is 5.13. The monoisotopic (exact) mass is 325 g/mol. The van der Waals surface area contributed by atoms with Gasteiger partial charge in [0.25, 0.3) is 5.91 Å². The summed E-state index contributed by atoms with van der Waals surface area (Å²) in [6.07, 6.45) is 0. The largest absolute Gasteiger partial charge is 0.497 e. The molecule has 0 spiro atoms. The van der Waals surface area contributed by atoms with Gasteiger partial charge in [0.15, 0.2) is 10.3 Å². The third kappa shape index (κ3) is 3.83. The fourth-order valence-electron chi connectivity index (χ4n) is 1.83. The minimum absolute atomic E-state index is 0.0295. The van der Waals surface area contributed by atoms with Gasteiger partial charge in [-0.1, -0.05) is 35.3 Å². The van der Waals surface area contributed by atoms with Crippen molar-refractivity contribution in [2.24, 2.45) is 0 Å². The number of hydrogen-bond acceptors (Lipinski definition) is 4. The van der Waals surface area contributed by atoms with Gasteiger partial charge in [0, 0.05) is 13.6 Å². The molecule has 0 atom stereocenters. The Morgan fingerprint density at radius 2 is 2.05 bits per heavy atom. The van der Waals surface area contributed by atoms with Gasteiger partial charge < -0.3 is 9.64 Å². The minimum atomic E-state index is -0.278. The Morgan fingerprint density at radius 3 is 2.76 bits per heavy atom. The lowest BCUT2D eigenvalue weighted by molar-refractivity contribution is 0.0784. The van der Waals surface area contributed by atoms with Gasteiger partial charge in [-0.15, -0.1) is 10.2 Å². The van der Waals surface area contributed by atoms with Crippen LogP contribution in [0.25, 0.3) is 0 Å². The van der Waals surface area contributed by atoms with Crippen molar-refractivity contribution >= 4 is 29.1 Å². The summed E-state index contributed by atoms with van der Waals surface area (Å²) in [6, 6.07) is 8.88. The van der Waals surface area contributed by atoms with Crippen molar-refractivity contribution < 1.29 is 9.53 Å². The lowest BCUT2D eigenvalue weighted by atomic mass is 10.2. The van der Waals surface area contributed by atoms with Gasteiger partial charge in [0.1, 0.15) is 5.75 Å². The third-order valence-electron chi connectivity index (χ3n) is 2.85. The topological polar surface area (TPSA) is 55.3 Å². The quantitative estimate of drug-likeness (QED) is 0.866. The first-order valence-electron chi connectivity index (χ1n) is 6.08. The summed E-state index contributed by atoms with van der Waals surface area (Å²) in [5.41, 5.74) is 1.16. The van der Waals surface area contributed by atoms with Crippen molar-refractivity contribution in [3.63, 3.8) is 0 Å². The highest BCUT2D eigenvalue weighted by Crippen LogP contribution is 2.19. The van der Waals surface area contributed by atoms with Crippen molar-refractivity contribution in [1.29, 1.82) is 0 Å². The van der Waals surface area contributed by atoms with E-state index >= 15 is 0 Å². The second-order valence-electron chi connectivity index (χ2n) is 4.38. The Balaban J connectivity index is 2.17. The zero-order valence-corrected chi connectivity index (χ0v) is 13.0. The van der Waals surface area contributed by atoms with Crippen molar-refractivity contribution in [3.05, 3.63) is 51.8 Å². The number of benzene rings is 1. The molecule has 0 saturated carbocycles. The predicted octanol–water partition coefficient (Wildman–Crippen LogP) is 3.06. The van der Waals surface area contributed by atoms with E-state index in [0.29, 0.717) is 6.54 Å². The van der Waals surface area contributed by atoms with Crippen LogP contribution in [-0.2, 0) is 6.54 Å². The van der Waals surface area contributed by atoms with Crippen LogP contribution in [0.4, 0.5) is 0 Å². The molecule has 2 aromatic rings. The van der Waals surface area contributed by atoms with Crippen molar-refractivity contribution in [3.8, 4) is 5.75 Å². The maximum atomic E-state index is 12.4. The van der Waals surface area contributed by atoms with E-state index in [2.05, 4.69) is 10.2 Å². The molecule has 0 aliphatic carbocycles. The highest BCUT2D eigenvalue weighted by molar-refractivity contribution is 6.34. The van der Waals surface area contributed by atoms with Gasteiger partial charge in [-0.2, -0.15) is 0 Å². The molecule has 0 N–H and O–H groups in total. The fourth-order valence-corrected chi connectivity index (χ4v) is 2.15. The van der Waals surface area contributed by atoms with Crippen LogP contribution < -0.4 is 4.74 Å². The summed E-state index contributed by atoms with van der Waals surface area (Å²) >= 11 is 11.6. The molecule has 0 saturated heterocycles. The second kappa shape index (κ2) is 6.74. The van der Waals surface area contributed by atoms with Crippen molar-refractivity contribution in [1.82, 2.24) is 15.1 Å². The number of aromatic nitrogens is 2. The van der Waals surface area contributed by atoms with E-state index in [1.165, 1.54) is 11.0 Å². The van der Waals surface area contributed by atoms with Gasteiger partial charge in [0.05, 0.1) is 12.7 Å². The van der Waals surface area contributed by atoms with Crippen LogP contribution in [0.5, 0.6) is 5.75 Å². The Hall–Kier alpha value is -1.85. The van der Waals surface area contributed by atoms with Crippen LogP contribution in [0.15, 0.2) is 30.3 Å². The standard InChI is InChI=1S/C14H13Cl2N3O2/c1-19(8-9-4-3-5-10(6-9)21-2)14(20)11-7-12(15)17-18-13(11)16/h3-7H,8H2,1-2H3. The molecule has 1 aromatic carbocycles. The van der Waals surface area contributed by atoms with Gasteiger partial charge in [-0.25, -0.2) is 0 Å². The maximum Gasteiger partial charge on any atom is 0.257 e. The number of methoxy groups -OCH3 is 1. The SMILES string of the molecule is COc1cccc(CN(C)C(=O)c2cc(Cl)nnc2Cl)c1. The Labute approximate surface area is 132 Å². The molecule has 0 aliphatic heterocycles. The van der Waals surface area contributed by atoms with Crippen LogP contribution in [0.2, 0.25) is 10.3 Å². The normalized spacial score (nSPS) is 10.3. The van der Waals surface area contributed by atoms with E-state index in [-0.39, 0.29) is 21.8 Å². The number of amides is 1. The Morgan fingerprint density at radius 1 is 1.29 bits per heavy atom.